The van der Waals surface area contributed by atoms with Crippen LogP contribution in [0.15, 0.2) is 28.7 Å². The molecule has 2 rings (SSSR count). The molecule has 1 heterocycles. The SMILES string of the molecule is COC(=O)N1C[C@H](OCC#Cc2ccccc2Br)C[C@H]1C. The normalized spacial score (nSPS) is 20.8. The zero-order chi connectivity index (χ0) is 15.2. The van der Waals surface area contributed by atoms with Crippen molar-refractivity contribution < 1.29 is 14.3 Å². The minimum Gasteiger partial charge on any atom is -0.453 e. The van der Waals surface area contributed by atoms with Gasteiger partial charge >= 0.3 is 6.09 Å². The molecule has 4 nitrogen and oxygen atoms in total. The van der Waals surface area contributed by atoms with Crippen LogP contribution in [-0.4, -0.2) is 43.4 Å². The maximum absolute atomic E-state index is 11.5. The van der Waals surface area contributed by atoms with Crippen LogP contribution >= 0.6 is 15.9 Å². The van der Waals surface area contributed by atoms with Gasteiger partial charge in [-0.3, -0.25) is 0 Å². The molecule has 1 amide bonds. The molecule has 1 saturated heterocycles. The Bertz CT molecular complexity index is 564. The average molecular weight is 352 g/mol. The molecule has 0 unspecified atom stereocenters. The topological polar surface area (TPSA) is 38.8 Å². The van der Waals surface area contributed by atoms with E-state index in [4.69, 9.17) is 9.47 Å². The number of benzene rings is 1. The molecule has 2 atom stereocenters. The fourth-order valence-electron chi connectivity index (χ4n) is 2.33. The molecule has 0 saturated carbocycles. The van der Waals surface area contributed by atoms with Crippen LogP contribution < -0.4 is 0 Å². The van der Waals surface area contributed by atoms with Gasteiger partial charge < -0.3 is 14.4 Å². The van der Waals surface area contributed by atoms with Gasteiger partial charge in [0, 0.05) is 16.1 Å². The van der Waals surface area contributed by atoms with Gasteiger partial charge in [0.25, 0.3) is 0 Å². The highest BCUT2D eigenvalue weighted by Crippen LogP contribution is 2.20. The summed E-state index contributed by atoms with van der Waals surface area (Å²) in [4.78, 5) is 13.2. The summed E-state index contributed by atoms with van der Waals surface area (Å²) in [5, 5.41) is 0. The number of methoxy groups -OCH3 is 1. The van der Waals surface area contributed by atoms with Crippen LogP contribution in [0.5, 0.6) is 0 Å². The predicted molar refractivity (Wildman–Crippen MR) is 84.0 cm³/mol. The summed E-state index contributed by atoms with van der Waals surface area (Å²) >= 11 is 3.45. The third kappa shape index (κ3) is 4.23. The van der Waals surface area contributed by atoms with E-state index in [-0.39, 0.29) is 18.2 Å². The van der Waals surface area contributed by atoms with E-state index >= 15 is 0 Å². The van der Waals surface area contributed by atoms with Crippen LogP contribution in [0.2, 0.25) is 0 Å². The van der Waals surface area contributed by atoms with Crippen molar-refractivity contribution in [3.8, 4) is 11.8 Å². The molecule has 0 aliphatic carbocycles. The molecule has 1 aromatic rings. The fourth-order valence-corrected chi connectivity index (χ4v) is 2.71. The third-order valence-electron chi connectivity index (χ3n) is 3.43. The standard InChI is InChI=1S/C16H18BrNO3/c1-12-10-14(11-18(12)16(19)20-2)21-9-5-7-13-6-3-4-8-15(13)17/h3-4,6,8,12,14H,9-11H2,1-2H3/t12-,14-/m1/s1. The maximum atomic E-state index is 11.5. The van der Waals surface area contributed by atoms with E-state index in [2.05, 4.69) is 27.8 Å². The number of amides is 1. The summed E-state index contributed by atoms with van der Waals surface area (Å²) in [5.41, 5.74) is 0.942. The smallest absolute Gasteiger partial charge is 0.409 e. The van der Waals surface area contributed by atoms with E-state index in [1.54, 1.807) is 4.90 Å². The molecule has 0 bridgehead atoms. The Kier molecular flexibility index (Phi) is 5.66. The second-order valence-electron chi connectivity index (χ2n) is 4.92. The van der Waals surface area contributed by atoms with E-state index in [1.807, 2.05) is 31.2 Å². The second kappa shape index (κ2) is 7.48. The zero-order valence-corrected chi connectivity index (χ0v) is 13.7. The van der Waals surface area contributed by atoms with Crippen LogP contribution in [0.1, 0.15) is 18.9 Å². The van der Waals surface area contributed by atoms with Gasteiger partial charge in [-0.1, -0.05) is 24.0 Å². The summed E-state index contributed by atoms with van der Waals surface area (Å²) in [6.07, 6.45) is 0.534. The summed E-state index contributed by atoms with van der Waals surface area (Å²) in [5.74, 6) is 6.07. The molecule has 0 spiro atoms. The number of halogens is 1. The molecule has 0 aromatic heterocycles. The van der Waals surface area contributed by atoms with Crippen molar-refractivity contribution in [1.29, 1.82) is 0 Å². The quantitative estimate of drug-likeness (QED) is 0.768. The van der Waals surface area contributed by atoms with Crippen molar-refractivity contribution in [2.24, 2.45) is 0 Å². The molecular weight excluding hydrogens is 334 g/mol. The number of likely N-dealkylation sites (tertiary alicyclic amines) is 1. The van der Waals surface area contributed by atoms with Crippen LogP contribution in [0.3, 0.4) is 0 Å². The fraction of sp³-hybridized carbons (Fsp3) is 0.438. The lowest BCUT2D eigenvalue weighted by Gasteiger charge is -2.18. The Balaban J connectivity index is 1.83. The Morgan fingerprint density at radius 2 is 2.24 bits per heavy atom. The van der Waals surface area contributed by atoms with Gasteiger partial charge in [-0.05, 0) is 41.4 Å². The van der Waals surface area contributed by atoms with Crippen LogP contribution in [0.25, 0.3) is 0 Å². The molecule has 1 aliphatic rings. The molecule has 1 fully saturated rings. The number of nitrogens with zero attached hydrogens (tertiary/aromatic N) is 1. The summed E-state index contributed by atoms with van der Waals surface area (Å²) in [6.45, 7) is 2.91. The van der Waals surface area contributed by atoms with E-state index in [9.17, 15) is 4.79 Å². The zero-order valence-electron chi connectivity index (χ0n) is 12.1. The van der Waals surface area contributed by atoms with Crippen molar-refractivity contribution in [2.45, 2.75) is 25.5 Å². The lowest BCUT2D eigenvalue weighted by atomic mass is 10.2. The first kappa shape index (κ1) is 15.9. The average Bonchev–Trinajstić information content (AvgIpc) is 2.85. The Labute approximate surface area is 133 Å². The minimum atomic E-state index is -0.298. The van der Waals surface area contributed by atoms with Crippen molar-refractivity contribution in [3.63, 3.8) is 0 Å². The summed E-state index contributed by atoms with van der Waals surface area (Å²) in [6, 6.07) is 7.94. The first-order chi connectivity index (χ1) is 10.1. The highest BCUT2D eigenvalue weighted by molar-refractivity contribution is 9.10. The summed E-state index contributed by atoms with van der Waals surface area (Å²) in [7, 11) is 1.40. The molecule has 112 valence electrons. The van der Waals surface area contributed by atoms with Crippen LogP contribution in [0, 0.1) is 11.8 Å². The molecule has 5 heteroatoms. The number of ether oxygens (including phenoxy) is 2. The van der Waals surface area contributed by atoms with E-state index < -0.39 is 0 Å². The lowest BCUT2D eigenvalue weighted by molar-refractivity contribution is 0.0786. The molecule has 1 aromatic carbocycles. The maximum Gasteiger partial charge on any atom is 0.409 e. The predicted octanol–water partition coefficient (Wildman–Crippen LogP) is 3.05. The van der Waals surface area contributed by atoms with Gasteiger partial charge in [0.1, 0.15) is 6.61 Å². The number of carbonyl (C=O) groups is 1. The van der Waals surface area contributed by atoms with Gasteiger partial charge in [-0.2, -0.15) is 0 Å². The Morgan fingerprint density at radius 3 is 2.95 bits per heavy atom. The third-order valence-corrected chi connectivity index (χ3v) is 4.13. The Hall–Kier alpha value is -1.51. The first-order valence-corrected chi connectivity index (χ1v) is 7.60. The van der Waals surface area contributed by atoms with Crippen molar-refractivity contribution in [3.05, 3.63) is 34.3 Å². The number of hydrogen-bond donors (Lipinski definition) is 0. The van der Waals surface area contributed by atoms with E-state index in [0.717, 1.165) is 16.5 Å². The van der Waals surface area contributed by atoms with Crippen LogP contribution in [0.4, 0.5) is 4.79 Å². The van der Waals surface area contributed by atoms with Crippen molar-refractivity contribution >= 4 is 22.0 Å². The Morgan fingerprint density at radius 1 is 1.48 bits per heavy atom. The highest BCUT2D eigenvalue weighted by Gasteiger charge is 2.33. The van der Waals surface area contributed by atoms with E-state index in [0.29, 0.717) is 13.2 Å². The largest absolute Gasteiger partial charge is 0.453 e. The molecule has 21 heavy (non-hydrogen) atoms. The van der Waals surface area contributed by atoms with Crippen LogP contribution in [-0.2, 0) is 9.47 Å². The molecule has 0 N–H and O–H groups in total. The number of carbonyl (C=O) groups excluding carboxylic acids is 1. The van der Waals surface area contributed by atoms with Gasteiger partial charge in [-0.15, -0.1) is 0 Å². The first-order valence-electron chi connectivity index (χ1n) is 6.81. The second-order valence-corrected chi connectivity index (χ2v) is 5.78. The van der Waals surface area contributed by atoms with Gasteiger partial charge in [0.15, 0.2) is 0 Å². The van der Waals surface area contributed by atoms with E-state index in [1.165, 1.54) is 7.11 Å². The van der Waals surface area contributed by atoms with Gasteiger partial charge in [0.05, 0.1) is 19.8 Å². The number of rotatable bonds is 2. The monoisotopic (exact) mass is 351 g/mol. The van der Waals surface area contributed by atoms with Crippen molar-refractivity contribution in [1.82, 2.24) is 4.90 Å². The minimum absolute atomic E-state index is 0.0209. The lowest BCUT2D eigenvalue weighted by Crippen LogP contribution is -2.34. The highest BCUT2D eigenvalue weighted by atomic mass is 79.9. The molecule has 1 aliphatic heterocycles. The molecule has 0 radical (unpaired) electrons. The number of hydrogen-bond acceptors (Lipinski definition) is 3. The van der Waals surface area contributed by atoms with Gasteiger partial charge in [0.2, 0.25) is 0 Å². The summed E-state index contributed by atoms with van der Waals surface area (Å²) < 4.78 is 11.4. The molecular formula is C16H18BrNO3. The van der Waals surface area contributed by atoms with Gasteiger partial charge in [-0.25, -0.2) is 4.79 Å². The van der Waals surface area contributed by atoms with Crippen molar-refractivity contribution in [2.75, 3.05) is 20.3 Å².